The minimum Gasteiger partial charge on any atom is -0.482 e. The summed E-state index contributed by atoms with van der Waals surface area (Å²) in [5.41, 5.74) is 1.95. The minimum atomic E-state index is -0.0956. The van der Waals surface area contributed by atoms with Gasteiger partial charge in [0.15, 0.2) is 6.61 Å². The van der Waals surface area contributed by atoms with Crippen molar-refractivity contribution >= 4 is 11.6 Å². The smallest absolute Gasteiger partial charge is 0.262 e. The average molecular weight is 276 g/mol. The zero-order valence-electron chi connectivity index (χ0n) is 11.6. The van der Waals surface area contributed by atoms with Gasteiger partial charge in [0.25, 0.3) is 5.91 Å². The number of rotatable bonds is 3. The van der Waals surface area contributed by atoms with Crippen LogP contribution < -0.4 is 15.4 Å². The number of benzene rings is 1. The fourth-order valence-electron chi connectivity index (χ4n) is 3.02. The quantitative estimate of drug-likeness (QED) is 0.882. The number of carbonyl (C=O) groups is 1. The number of anilines is 1. The van der Waals surface area contributed by atoms with Gasteiger partial charge in [-0.15, -0.1) is 0 Å². The first kappa shape index (κ1) is 13.4. The number of nitrogens with one attached hydrogen (secondary N) is 2. The van der Waals surface area contributed by atoms with Crippen LogP contribution in [0.5, 0.6) is 5.75 Å². The third kappa shape index (κ3) is 2.64. The standard InChI is InChI=1S/C15H20N2O3/c1-16-15(10-4-6-19-7-5-10)11-2-3-13-12(8-11)17-14(18)9-20-13/h2-3,8,10,15-16H,4-7,9H2,1H3,(H,17,18). The highest BCUT2D eigenvalue weighted by molar-refractivity contribution is 5.95. The summed E-state index contributed by atoms with van der Waals surface area (Å²) in [7, 11) is 1.98. The van der Waals surface area contributed by atoms with Crippen LogP contribution in [0.25, 0.3) is 0 Å². The fraction of sp³-hybridized carbons (Fsp3) is 0.533. The molecule has 2 aliphatic rings. The molecule has 0 aromatic heterocycles. The summed E-state index contributed by atoms with van der Waals surface area (Å²) >= 11 is 0. The predicted molar refractivity (Wildman–Crippen MR) is 75.9 cm³/mol. The van der Waals surface area contributed by atoms with Gasteiger partial charge in [-0.05, 0) is 43.5 Å². The molecule has 1 atom stereocenters. The van der Waals surface area contributed by atoms with Gasteiger partial charge in [-0.25, -0.2) is 0 Å². The summed E-state index contributed by atoms with van der Waals surface area (Å²) in [6, 6.07) is 6.31. The van der Waals surface area contributed by atoms with Crippen molar-refractivity contribution in [3.8, 4) is 5.75 Å². The molecule has 1 fully saturated rings. The maximum absolute atomic E-state index is 11.4. The Morgan fingerprint density at radius 2 is 2.15 bits per heavy atom. The van der Waals surface area contributed by atoms with Crippen LogP contribution in [0.15, 0.2) is 18.2 Å². The van der Waals surface area contributed by atoms with Gasteiger partial charge in [-0.1, -0.05) is 6.07 Å². The van der Waals surface area contributed by atoms with Crippen molar-refractivity contribution in [2.75, 3.05) is 32.2 Å². The number of amides is 1. The monoisotopic (exact) mass is 276 g/mol. The molecule has 2 heterocycles. The van der Waals surface area contributed by atoms with E-state index in [1.165, 1.54) is 5.56 Å². The van der Waals surface area contributed by atoms with Crippen LogP contribution in [0.4, 0.5) is 5.69 Å². The highest BCUT2D eigenvalue weighted by atomic mass is 16.5. The summed E-state index contributed by atoms with van der Waals surface area (Å²) in [6.07, 6.45) is 2.12. The molecule has 108 valence electrons. The van der Waals surface area contributed by atoms with Crippen LogP contribution in [-0.4, -0.2) is 32.8 Å². The molecule has 1 aromatic rings. The molecule has 1 saturated heterocycles. The summed E-state index contributed by atoms with van der Waals surface area (Å²) in [5, 5.41) is 6.26. The van der Waals surface area contributed by atoms with E-state index in [0.29, 0.717) is 5.92 Å². The second kappa shape index (κ2) is 5.81. The molecule has 5 nitrogen and oxygen atoms in total. The van der Waals surface area contributed by atoms with E-state index in [2.05, 4.69) is 16.7 Å². The Morgan fingerprint density at radius 1 is 1.35 bits per heavy atom. The van der Waals surface area contributed by atoms with Gasteiger partial charge in [0.1, 0.15) is 5.75 Å². The largest absolute Gasteiger partial charge is 0.482 e. The van der Waals surface area contributed by atoms with Gasteiger partial charge in [-0.2, -0.15) is 0 Å². The van der Waals surface area contributed by atoms with E-state index in [4.69, 9.17) is 9.47 Å². The van der Waals surface area contributed by atoms with Gasteiger partial charge in [-0.3, -0.25) is 4.79 Å². The van der Waals surface area contributed by atoms with E-state index in [-0.39, 0.29) is 18.6 Å². The Kier molecular flexibility index (Phi) is 3.89. The lowest BCUT2D eigenvalue weighted by Crippen LogP contribution is -2.30. The molecule has 0 bridgehead atoms. The summed E-state index contributed by atoms with van der Waals surface area (Å²) in [6.45, 7) is 1.75. The van der Waals surface area contributed by atoms with Crippen molar-refractivity contribution in [3.05, 3.63) is 23.8 Å². The molecule has 2 N–H and O–H groups in total. The molecule has 0 saturated carbocycles. The second-order valence-corrected chi connectivity index (χ2v) is 5.31. The van der Waals surface area contributed by atoms with Crippen LogP contribution in [0.1, 0.15) is 24.4 Å². The Morgan fingerprint density at radius 3 is 2.90 bits per heavy atom. The Bertz CT molecular complexity index is 498. The van der Waals surface area contributed by atoms with Crippen LogP contribution in [-0.2, 0) is 9.53 Å². The minimum absolute atomic E-state index is 0.0956. The SMILES string of the molecule is CNC(c1ccc2c(c1)NC(=O)CO2)C1CCOCC1. The molecule has 1 aromatic carbocycles. The number of fused-ring (bicyclic) bond motifs is 1. The van der Waals surface area contributed by atoms with Crippen molar-refractivity contribution in [1.29, 1.82) is 0 Å². The van der Waals surface area contributed by atoms with Crippen molar-refractivity contribution in [3.63, 3.8) is 0 Å². The second-order valence-electron chi connectivity index (χ2n) is 5.31. The number of hydrogen-bond acceptors (Lipinski definition) is 4. The van der Waals surface area contributed by atoms with Crippen LogP contribution in [0, 0.1) is 5.92 Å². The van der Waals surface area contributed by atoms with E-state index in [0.717, 1.165) is 37.5 Å². The van der Waals surface area contributed by atoms with Gasteiger partial charge in [0.05, 0.1) is 5.69 Å². The highest BCUT2D eigenvalue weighted by Crippen LogP contribution is 2.35. The molecule has 1 amide bonds. The maximum atomic E-state index is 11.4. The fourth-order valence-corrected chi connectivity index (χ4v) is 3.02. The third-order valence-corrected chi connectivity index (χ3v) is 4.04. The lowest BCUT2D eigenvalue weighted by atomic mass is 9.87. The van der Waals surface area contributed by atoms with E-state index < -0.39 is 0 Å². The average Bonchev–Trinajstić information content (AvgIpc) is 2.49. The number of carbonyl (C=O) groups excluding carboxylic acids is 1. The van der Waals surface area contributed by atoms with Crippen molar-refractivity contribution in [1.82, 2.24) is 5.32 Å². The third-order valence-electron chi connectivity index (χ3n) is 4.04. The Hall–Kier alpha value is -1.59. The predicted octanol–water partition coefficient (Wildman–Crippen LogP) is 1.70. The first-order valence-electron chi connectivity index (χ1n) is 7.09. The van der Waals surface area contributed by atoms with E-state index in [1.54, 1.807) is 0 Å². The number of ether oxygens (including phenoxy) is 2. The molecule has 5 heteroatoms. The Labute approximate surface area is 118 Å². The van der Waals surface area contributed by atoms with E-state index >= 15 is 0 Å². The van der Waals surface area contributed by atoms with Gasteiger partial charge in [0.2, 0.25) is 0 Å². The molecule has 0 spiro atoms. The van der Waals surface area contributed by atoms with Crippen LogP contribution in [0.2, 0.25) is 0 Å². The lowest BCUT2D eigenvalue weighted by Gasteiger charge is -2.31. The van der Waals surface area contributed by atoms with Crippen molar-refractivity contribution in [2.45, 2.75) is 18.9 Å². The first-order chi connectivity index (χ1) is 9.78. The zero-order chi connectivity index (χ0) is 13.9. The Balaban J connectivity index is 1.84. The topological polar surface area (TPSA) is 59.6 Å². The summed E-state index contributed by atoms with van der Waals surface area (Å²) in [5.74, 6) is 1.21. The molecule has 2 aliphatic heterocycles. The molecular weight excluding hydrogens is 256 g/mol. The first-order valence-corrected chi connectivity index (χ1v) is 7.09. The highest BCUT2D eigenvalue weighted by Gasteiger charge is 2.25. The molecule has 0 aliphatic carbocycles. The molecule has 3 rings (SSSR count). The zero-order valence-corrected chi connectivity index (χ0v) is 11.6. The maximum Gasteiger partial charge on any atom is 0.262 e. The van der Waals surface area contributed by atoms with Gasteiger partial charge in [0, 0.05) is 19.3 Å². The summed E-state index contributed by atoms with van der Waals surface area (Å²) < 4.78 is 10.8. The van der Waals surface area contributed by atoms with Crippen LogP contribution in [0.3, 0.4) is 0 Å². The van der Waals surface area contributed by atoms with Crippen LogP contribution >= 0.6 is 0 Å². The van der Waals surface area contributed by atoms with Gasteiger partial charge >= 0.3 is 0 Å². The van der Waals surface area contributed by atoms with E-state index in [1.807, 2.05) is 19.2 Å². The molecular formula is C15H20N2O3. The number of hydrogen-bond donors (Lipinski definition) is 2. The van der Waals surface area contributed by atoms with Crippen molar-refractivity contribution in [2.24, 2.45) is 5.92 Å². The summed E-state index contributed by atoms with van der Waals surface area (Å²) in [4.78, 5) is 11.4. The molecule has 0 radical (unpaired) electrons. The van der Waals surface area contributed by atoms with Gasteiger partial charge < -0.3 is 20.1 Å². The molecule has 1 unspecified atom stereocenters. The molecule has 20 heavy (non-hydrogen) atoms. The lowest BCUT2D eigenvalue weighted by molar-refractivity contribution is -0.118. The van der Waals surface area contributed by atoms with E-state index in [9.17, 15) is 4.79 Å². The van der Waals surface area contributed by atoms with Crippen molar-refractivity contribution < 1.29 is 14.3 Å². The normalized spacial score (nSPS) is 20.8.